The van der Waals surface area contributed by atoms with Crippen LogP contribution in [-0.2, 0) is 0 Å². The molecule has 0 aromatic carbocycles. The summed E-state index contributed by atoms with van der Waals surface area (Å²) in [5, 5.41) is 4.11. The van der Waals surface area contributed by atoms with E-state index in [2.05, 4.69) is 17.5 Å². The first-order chi connectivity index (χ1) is 8.15. The van der Waals surface area contributed by atoms with Gasteiger partial charge in [-0.2, -0.15) is 5.10 Å². The number of rotatable bonds is 5. The first kappa shape index (κ1) is 14.0. The van der Waals surface area contributed by atoms with E-state index >= 15 is 0 Å². The number of hydrogen-bond acceptors (Lipinski definition) is 2. The zero-order valence-corrected chi connectivity index (χ0v) is 11.0. The van der Waals surface area contributed by atoms with E-state index in [1.807, 2.05) is 6.92 Å². The Balaban J connectivity index is 2.62. The lowest BCUT2D eigenvalue weighted by molar-refractivity contribution is 0.249. The molecule has 0 bridgehead atoms. The Morgan fingerprint density at radius 3 is 2.59 bits per heavy atom. The van der Waals surface area contributed by atoms with E-state index in [0.717, 1.165) is 24.5 Å². The van der Waals surface area contributed by atoms with Crippen LogP contribution in [0.2, 0.25) is 0 Å². The molecule has 98 valence electrons. The van der Waals surface area contributed by atoms with E-state index in [4.69, 9.17) is 5.73 Å². The molecule has 0 aromatic heterocycles. The summed E-state index contributed by atoms with van der Waals surface area (Å²) < 4.78 is 0. The van der Waals surface area contributed by atoms with Gasteiger partial charge in [0.1, 0.15) is 0 Å². The minimum atomic E-state index is -0.580. The van der Waals surface area contributed by atoms with Gasteiger partial charge in [-0.3, -0.25) is 0 Å². The minimum Gasteiger partial charge on any atom is -0.350 e. The third kappa shape index (κ3) is 4.75. The molecule has 1 aliphatic carbocycles. The highest BCUT2D eigenvalue weighted by Crippen LogP contribution is 2.33. The molecule has 1 unspecified atom stereocenters. The SMILES string of the molecule is CCCC(/C(C)=N/NC(N)=O)C1CCCCC1. The van der Waals surface area contributed by atoms with Crippen LogP contribution in [0.1, 0.15) is 58.8 Å². The van der Waals surface area contributed by atoms with Crippen molar-refractivity contribution in [1.82, 2.24) is 5.43 Å². The Bertz CT molecular complexity index is 270. The summed E-state index contributed by atoms with van der Waals surface area (Å²) >= 11 is 0. The van der Waals surface area contributed by atoms with Crippen molar-refractivity contribution in [2.75, 3.05) is 0 Å². The van der Waals surface area contributed by atoms with Gasteiger partial charge in [0, 0.05) is 11.6 Å². The third-order valence-corrected chi connectivity index (χ3v) is 3.70. The maximum absolute atomic E-state index is 10.7. The highest BCUT2D eigenvalue weighted by Gasteiger charge is 2.25. The largest absolute Gasteiger partial charge is 0.350 e. The van der Waals surface area contributed by atoms with Crippen molar-refractivity contribution in [3.63, 3.8) is 0 Å². The zero-order chi connectivity index (χ0) is 12.7. The molecule has 2 amide bonds. The molecule has 0 spiro atoms. The van der Waals surface area contributed by atoms with E-state index in [9.17, 15) is 4.79 Å². The van der Waals surface area contributed by atoms with Crippen LogP contribution in [0, 0.1) is 11.8 Å². The zero-order valence-electron chi connectivity index (χ0n) is 11.0. The Morgan fingerprint density at radius 2 is 2.06 bits per heavy atom. The lowest BCUT2D eigenvalue weighted by Gasteiger charge is -2.30. The minimum absolute atomic E-state index is 0.507. The van der Waals surface area contributed by atoms with Crippen LogP contribution < -0.4 is 11.2 Å². The van der Waals surface area contributed by atoms with Crippen molar-refractivity contribution in [1.29, 1.82) is 0 Å². The number of hydrogen-bond donors (Lipinski definition) is 2. The maximum atomic E-state index is 10.7. The summed E-state index contributed by atoms with van der Waals surface area (Å²) in [5.41, 5.74) is 8.41. The second-order valence-corrected chi connectivity index (χ2v) is 5.02. The van der Waals surface area contributed by atoms with Gasteiger partial charge in [0.25, 0.3) is 0 Å². The molecule has 1 aliphatic rings. The summed E-state index contributed by atoms with van der Waals surface area (Å²) in [7, 11) is 0. The van der Waals surface area contributed by atoms with Crippen molar-refractivity contribution in [3.05, 3.63) is 0 Å². The van der Waals surface area contributed by atoms with Crippen LogP contribution in [0.25, 0.3) is 0 Å². The molecular formula is C13H25N3O. The van der Waals surface area contributed by atoms with E-state index in [1.54, 1.807) is 0 Å². The van der Waals surface area contributed by atoms with Crippen LogP contribution >= 0.6 is 0 Å². The third-order valence-electron chi connectivity index (χ3n) is 3.70. The van der Waals surface area contributed by atoms with Crippen molar-refractivity contribution in [2.24, 2.45) is 22.7 Å². The van der Waals surface area contributed by atoms with Crippen LogP contribution in [0.5, 0.6) is 0 Å². The average molecular weight is 239 g/mol. The average Bonchev–Trinajstić information content (AvgIpc) is 2.34. The number of hydrazone groups is 1. The lowest BCUT2D eigenvalue weighted by Crippen LogP contribution is -2.29. The number of primary amides is 1. The van der Waals surface area contributed by atoms with Crippen molar-refractivity contribution < 1.29 is 4.79 Å². The van der Waals surface area contributed by atoms with Gasteiger partial charge in [-0.05, 0) is 32.1 Å². The number of nitrogens with one attached hydrogen (secondary N) is 1. The Hall–Kier alpha value is -1.06. The molecule has 4 heteroatoms. The van der Waals surface area contributed by atoms with E-state index in [-0.39, 0.29) is 0 Å². The fourth-order valence-electron chi connectivity index (χ4n) is 2.86. The quantitative estimate of drug-likeness (QED) is 0.562. The maximum Gasteiger partial charge on any atom is 0.332 e. The van der Waals surface area contributed by atoms with Crippen LogP contribution in [-0.4, -0.2) is 11.7 Å². The molecule has 1 rings (SSSR count). The Kier molecular flexibility index (Phi) is 6.01. The van der Waals surface area contributed by atoms with Gasteiger partial charge in [-0.15, -0.1) is 0 Å². The predicted molar refractivity (Wildman–Crippen MR) is 70.8 cm³/mol. The number of nitrogens with zero attached hydrogens (tertiary/aromatic N) is 1. The predicted octanol–water partition coefficient (Wildman–Crippen LogP) is 3.03. The van der Waals surface area contributed by atoms with Gasteiger partial charge >= 0.3 is 6.03 Å². The molecule has 0 heterocycles. The summed E-state index contributed by atoms with van der Waals surface area (Å²) in [5.74, 6) is 1.24. The van der Waals surface area contributed by atoms with Crippen molar-refractivity contribution in [3.8, 4) is 0 Å². The molecule has 0 aliphatic heterocycles. The molecule has 0 radical (unpaired) electrons. The summed E-state index contributed by atoms with van der Waals surface area (Å²) in [6.07, 6.45) is 8.95. The molecule has 0 saturated heterocycles. The molecule has 1 saturated carbocycles. The van der Waals surface area contributed by atoms with E-state index in [0.29, 0.717) is 5.92 Å². The first-order valence-electron chi connectivity index (χ1n) is 6.74. The molecule has 1 fully saturated rings. The molecule has 17 heavy (non-hydrogen) atoms. The van der Waals surface area contributed by atoms with Crippen molar-refractivity contribution >= 4 is 11.7 Å². The molecular weight excluding hydrogens is 214 g/mol. The van der Waals surface area contributed by atoms with Crippen LogP contribution in [0.15, 0.2) is 5.10 Å². The first-order valence-corrected chi connectivity index (χ1v) is 6.74. The highest BCUT2D eigenvalue weighted by atomic mass is 16.2. The van der Waals surface area contributed by atoms with E-state index in [1.165, 1.54) is 32.1 Å². The second kappa shape index (κ2) is 7.30. The fourth-order valence-corrected chi connectivity index (χ4v) is 2.86. The van der Waals surface area contributed by atoms with Crippen LogP contribution in [0.3, 0.4) is 0 Å². The van der Waals surface area contributed by atoms with E-state index < -0.39 is 6.03 Å². The lowest BCUT2D eigenvalue weighted by atomic mass is 9.76. The normalized spacial score (nSPS) is 20.0. The monoisotopic (exact) mass is 239 g/mol. The van der Waals surface area contributed by atoms with Gasteiger partial charge < -0.3 is 5.73 Å². The Labute approximate surface area is 104 Å². The summed E-state index contributed by atoms with van der Waals surface area (Å²) in [4.78, 5) is 10.7. The number of carbonyl (C=O) groups is 1. The number of nitrogens with two attached hydrogens (primary N) is 1. The Morgan fingerprint density at radius 1 is 1.41 bits per heavy atom. The smallest absolute Gasteiger partial charge is 0.332 e. The second-order valence-electron chi connectivity index (χ2n) is 5.02. The number of urea groups is 1. The topological polar surface area (TPSA) is 67.5 Å². The highest BCUT2D eigenvalue weighted by molar-refractivity contribution is 5.86. The fraction of sp³-hybridized carbons (Fsp3) is 0.846. The molecule has 0 aromatic rings. The molecule has 1 atom stereocenters. The molecule has 3 N–H and O–H groups in total. The number of amides is 2. The van der Waals surface area contributed by atoms with Crippen molar-refractivity contribution in [2.45, 2.75) is 58.8 Å². The van der Waals surface area contributed by atoms with Gasteiger partial charge in [0.15, 0.2) is 0 Å². The number of carbonyl (C=O) groups excluding carboxylic acids is 1. The van der Waals surface area contributed by atoms with Gasteiger partial charge in [0.05, 0.1) is 0 Å². The summed E-state index contributed by atoms with van der Waals surface area (Å²) in [6.45, 7) is 4.20. The molecule has 4 nitrogen and oxygen atoms in total. The van der Waals surface area contributed by atoms with Gasteiger partial charge in [-0.25, -0.2) is 10.2 Å². The standard InChI is InChI=1S/C13H25N3O/c1-3-7-12(10(2)15-16-13(14)17)11-8-5-4-6-9-11/h11-12H,3-9H2,1-2H3,(H3,14,16,17)/b15-10+. The van der Waals surface area contributed by atoms with Gasteiger partial charge in [-0.1, -0.05) is 32.6 Å². The van der Waals surface area contributed by atoms with Gasteiger partial charge in [0.2, 0.25) is 0 Å². The summed E-state index contributed by atoms with van der Waals surface area (Å²) in [6, 6.07) is -0.580. The van der Waals surface area contributed by atoms with Crippen LogP contribution in [0.4, 0.5) is 4.79 Å².